The van der Waals surface area contributed by atoms with Gasteiger partial charge in [-0.1, -0.05) is 139 Å². The topological polar surface area (TPSA) is 39.2 Å². The van der Waals surface area contributed by atoms with Gasteiger partial charge in [0.25, 0.3) is 0 Å². The Kier molecular flexibility index (Phi) is 13.4. The molecule has 0 aliphatic heterocycles. The van der Waals surface area contributed by atoms with E-state index < -0.39 is 0 Å². The Balaban J connectivity index is 1.14. The summed E-state index contributed by atoms with van der Waals surface area (Å²) in [5, 5.41) is 0. The number of benzene rings is 2. The van der Waals surface area contributed by atoms with Gasteiger partial charge in [0, 0.05) is 18.2 Å². The molecule has 2 aromatic carbocycles. The number of aromatic nitrogens is 1. The number of pyridine rings is 1. The minimum atomic E-state index is -0.126. The van der Waals surface area contributed by atoms with Crippen LogP contribution in [0.1, 0.15) is 122 Å². The maximum absolute atomic E-state index is 12.3. The van der Waals surface area contributed by atoms with Crippen molar-refractivity contribution in [2.24, 2.45) is 5.92 Å². The average Bonchev–Trinajstić information content (AvgIpc) is 3.53. The molecular weight excluding hydrogens is 502 g/mol. The van der Waals surface area contributed by atoms with Crippen molar-refractivity contribution < 1.29 is 9.53 Å². The van der Waals surface area contributed by atoms with Crippen molar-refractivity contribution in [1.29, 1.82) is 0 Å². The molecule has 1 aliphatic carbocycles. The Labute approximate surface area is 249 Å². The molecule has 0 N–H and O–H groups in total. The highest BCUT2D eigenvalue weighted by molar-refractivity contribution is 5.73. The summed E-state index contributed by atoms with van der Waals surface area (Å²) in [7, 11) is 0. The normalized spacial score (nSPS) is 13.5. The first kappa shape index (κ1) is 31.0. The summed E-state index contributed by atoms with van der Waals surface area (Å²) >= 11 is 0. The fourth-order valence-corrected chi connectivity index (χ4v) is 6.12. The van der Waals surface area contributed by atoms with Crippen molar-refractivity contribution in [3.63, 3.8) is 0 Å². The molecule has 1 aliphatic rings. The van der Waals surface area contributed by atoms with Gasteiger partial charge >= 0.3 is 5.97 Å². The molecule has 3 heteroatoms. The molecule has 3 aromatic rings. The van der Waals surface area contributed by atoms with Crippen molar-refractivity contribution in [2.75, 3.05) is 0 Å². The third-order valence-corrected chi connectivity index (χ3v) is 8.71. The van der Waals surface area contributed by atoms with Crippen molar-refractivity contribution in [3.8, 4) is 28.1 Å². The first-order chi connectivity index (χ1) is 20.2. The number of hydrogen-bond donors (Lipinski definition) is 0. The van der Waals surface area contributed by atoms with Crippen LogP contribution in [0.4, 0.5) is 0 Å². The zero-order chi connectivity index (χ0) is 28.5. The predicted molar refractivity (Wildman–Crippen MR) is 172 cm³/mol. The quantitative estimate of drug-likeness (QED) is 0.0893. The number of carbonyl (C=O) groups excluding carboxylic acids is 1. The van der Waals surface area contributed by atoms with E-state index >= 15 is 0 Å². The van der Waals surface area contributed by atoms with Crippen LogP contribution in [0.25, 0.3) is 22.4 Å². The molecule has 0 amide bonds. The number of unbranched alkanes of at least 4 members (excludes halogenated alkanes) is 9. The number of aryl methyl sites for hydroxylation is 1. The van der Waals surface area contributed by atoms with Crippen LogP contribution in [0.5, 0.6) is 5.75 Å². The fourth-order valence-electron chi connectivity index (χ4n) is 6.12. The van der Waals surface area contributed by atoms with Gasteiger partial charge in [-0.2, -0.15) is 0 Å². The zero-order valence-electron chi connectivity index (χ0n) is 25.4. The zero-order valence-corrected chi connectivity index (χ0v) is 25.4. The third-order valence-electron chi connectivity index (χ3n) is 8.71. The van der Waals surface area contributed by atoms with Crippen LogP contribution in [0, 0.1) is 5.92 Å². The van der Waals surface area contributed by atoms with Crippen LogP contribution in [0.3, 0.4) is 0 Å². The van der Waals surface area contributed by atoms with E-state index in [0.717, 1.165) is 47.6 Å². The van der Waals surface area contributed by atoms with Gasteiger partial charge in [-0.15, -0.1) is 0 Å². The number of hydrogen-bond acceptors (Lipinski definition) is 3. The molecule has 1 aromatic heterocycles. The molecule has 0 spiro atoms. The van der Waals surface area contributed by atoms with Crippen LogP contribution < -0.4 is 4.74 Å². The van der Waals surface area contributed by atoms with Gasteiger partial charge in [-0.25, -0.2) is 0 Å². The minimum Gasteiger partial charge on any atom is -0.427 e. The highest BCUT2D eigenvalue weighted by Crippen LogP contribution is 2.29. The second-order valence-corrected chi connectivity index (χ2v) is 12.1. The van der Waals surface area contributed by atoms with Gasteiger partial charge in [0.1, 0.15) is 5.75 Å². The highest BCUT2D eigenvalue weighted by atomic mass is 16.5. The Morgan fingerprint density at radius 2 is 1.32 bits per heavy atom. The summed E-state index contributed by atoms with van der Waals surface area (Å²) in [4.78, 5) is 17.0. The number of ether oxygens (including phenoxy) is 1. The maximum atomic E-state index is 12.3. The monoisotopic (exact) mass is 553 g/mol. The Morgan fingerprint density at radius 3 is 2.00 bits per heavy atom. The first-order valence-electron chi connectivity index (χ1n) is 16.6. The summed E-state index contributed by atoms with van der Waals surface area (Å²) < 4.78 is 5.59. The second-order valence-electron chi connectivity index (χ2n) is 12.1. The Hall–Kier alpha value is -2.94. The van der Waals surface area contributed by atoms with E-state index in [0.29, 0.717) is 12.2 Å². The molecule has 220 valence electrons. The van der Waals surface area contributed by atoms with Gasteiger partial charge in [0.15, 0.2) is 0 Å². The molecular formula is C38H51NO2. The smallest absolute Gasteiger partial charge is 0.311 e. The van der Waals surface area contributed by atoms with Crippen molar-refractivity contribution in [2.45, 2.75) is 122 Å². The van der Waals surface area contributed by atoms with E-state index in [9.17, 15) is 4.79 Å². The maximum Gasteiger partial charge on any atom is 0.311 e. The molecule has 0 atom stereocenters. The number of nitrogens with zero attached hydrogens (tertiary/aromatic N) is 1. The number of esters is 1. The number of rotatable bonds is 18. The molecule has 0 radical (unpaired) electrons. The van der Waals surface area contributed by atoms with Crippen molar-refractivity contribution in [1.82, 2.24) is 4.98 Å². The van der Waals surface area contributed by atoms with Crippen LogP contribution in [-0.2, 0) is 11.2 Å². The molecule has 4 rings (SSSR count). The SMILES string of the molecule is CCCCCCCCc1ccc(-c2ccc(-c3ccc(OC(=O)CCCCCCCC4CCCC4)cc3)cc2)nc1. The minimum absolute atomic E-state index is 0.126. The van der Waals surface area contributed by atoms with E-state index in [1.54, 1.807) is 0 Å². The summed E-state index contributed by atoms with van der Waals surface area (Å²) in [6.45, 7) is 2.26. The highest BCUT2D eigenvalue weighted by Gasteiger charge is 2.14. The van der Waals surface area contributed by atoms with Crippen molar-refractivity contribution in [3.05, 3.63) is 72.4 Å². The lowest BCUT2D eigenvalue weighted by molar-refractivity contribution is -0.134. The van der Waals surface area contributed by atoms with E-state index in [-0.39, 0.29) is 5.97 Å². The summed E-state index contributed by atoms with van der Waals surface area (Å²) in [6, 6.07) is 20.7. The average molecular weight is 554 g/mol. The summed E-state index contributed by atoms with van der Waals surface area (Å²) in [5.74, 6) is 1.49. The largest absolute Gasteiger partial charge is 0.427 e. The van der Waals surface area contributed by atoms with Crippen LogP contribution >= 0.6 is 0 Å². The summed E-state index contributed by atoms with van der Waals surface area (Å²) in [5.41, 5.74) is 5.70. The fraction of sp³-hybridized carbons (Fsp3) is 0.526. The Morgan fingerprint density at radius 1 is 0.707 bits per heavy atom. The van der Waals surface area contributed by atoms with E-state index in [1.165, 1.54) is 95.5 Å². The molecule has 0 bridgehead atoms. The lowest BCUT2D eigenvalue weighted by Crippen LogP contribution is -2.07. The molecule has 1 heterocycles. The summed E-state index contributed by atoms with van der Waals surface area (Å²) in [6.07, 6.45) is 24.7. The van der Waals surface area contributed by atoms with Crippen LogP contribution in [0.15, 0.2) is 66.9 Å². The van der Waals surface area contributed by atoms with E-state index in [4.69, 9.17) is 9.72 Å². The lowest BCUT2D eigenvalue weighted by atomic mass is 9.99. The lowest BCUT2D eigenvalue weighted by Gasteiger charge is -2.08. The molecule has 0 unspecified atom stereocenters. The van der Waals surface area contributed by atoms with Crippen LogP contribution in [0.2, 0.25) is 0 Å². The number of carbonyl (C=O) groups is 1. The molecule has 1 fully saturated rings. The van der Waals surface area contributed by atoms with Gasteiger partial charge in [-0.3, -0.25) is 9.78 Å². The predicted octanol–water partition coefficient (Wildman–Crippen LogP) is 11.1. The van der Waals surface area contributed by atoms with E-state index in [2.05, 4.69) is 43.3 Å². The van der Waals surface area contributed by atoms with Gasteiger partial charge in [-0.05, 0) is 60.1 Å². The molecule has 3 nitrogen and oxygen atoms in total. The van der Waals surface area contributed by atoms with E-state index in [1.807, 2.05) is 30.5 Å². The Bertz CT molecular complexity index is 1130. The van der Waals surface area contributed by atoms with Crippen LogP contribution in [-0.4, -0.2) is 11.0 Å². The molecule has 1 saturated carbocycles. The standard InChI is InChI=1S/C38H51NO2/c1-2-3-4-5-7-11-18-32-20-29-37(39-30-32)35-23-21-33(22-24-35)34-25-27-36(28-26-34)41-38(40)19-12-9-6-8-10-15-31-16-13-14-17-31/h20-31H,2-19H2,1H3. The first-order valence-corrected chi connectivity index (χ1v) is 16.6. The second kappa shape index (κ2) is 17.8. The van der Waals surface area contributed by atoms with Gasteiger partial charge < -0.3 is 4.74 Å². The third kappa shape index (κ3) is 11.1. The van der Waals surface area contributed by atoms with Crippen molar-refractivity contribution >= 4 is 5.97 Å². The van der Waals surface area contributed by atoms with Gasteiger partial charge in [0.2, 0.25) is 0 Å². The molecule has 0 saturated heterocycles. The van der Waals surface area contributed by atoms with Gasteiger partial charge in [0.05, 0.1) is 5.69 Å². The molecule has 41 heavy (non-hydrogen) atoms.